The number of anilines is 2. The van der Waals surface area contributed by atoms with Crippen molar-refractivity contribution in [1.82, 2.24) is 5.32 Å². The largest absolute Gasteiger partial charge is 0.481 e. The van der Waals surface area contributed by atoms with E-state index in [4.69, 9.17) is 4.74 Å². The smallest absolute Gasteiger partial charge is 0.318 e. The molecule has 6 heteroatoms. The zero-order chi connectivity index (χ0) is 16.7. The van der Waals surface area contributed by atoms with Gasteiger partial charge in [-0.2, -0.15) is 0 Å². The molecule has 0 fully saturated rings. The number of rotatable bonds is 5. The van der Waals surface area contributed by atoms with Crippen LogP contribution >= 0.6 is 0 Å². The summed E-state index contributed by atoms with van der Waals surface area (Å²) in [5.74, 6) is 0.390. The van der Waals surface area contributed by atoms with Gasteiger partial charge in [-0.3, -0.25) is 4.79 Å². The Labute approximate surface area is 134 Å². The molecule has 0 saturated carbocycles. The molecule has 23 heavy (non-hydrogen) atoms. The monoisotopic (exact) mass is 313 g/mol. The van der Waals surface area contributed by atoms with Gasteiger partial charge < -0.3 is 20.7 Å². The lowest BCUT2D eigenvalue weighted by Gasteiger charge is -2.15. The van der Waals surface area contributed by atoms with Gasteiger partial charge in [0.1, 0.15) is 5.75 Å². The first-order valence-electron chi connectivity index (χ1n) is 7.20. The van der Waals surface area contributed by atoms with Crippen molar-refractivity contribution in [1.29, 1.82) is 0 Å². The molecule has 3 N–H and O–H groups in total. The summed E-state index contributed by atoms with van der Waals surface area (Å²) in [7, 11) is 1.54. The SMILES string of the molecule is CNC(=O)Nc1ccc(NC(=O)[C@H](C)Oc2ccccc2)cc1. The van der Waals surface area contributed by atoms with E-state index in [0.29, 0.717) is 17.1 Å². The van der Waals surface area contributed by atoms with Gasteiger partial charge in [-0.25, -0.2) is 4.79 Å². The summed E-state index contributed by atoms with van der Waals surface area (Å²) >= 11 is 0. The van der Waals surface area contributed by atoms with Crippen LogP contribution in [0.2, 0.25) is 0 Å². The highest BCUT2D eigenvalue weighted by atomic mass is 16.5. The van der Waals surface area contributed by atoms with Crippen LogP contribution in [-0.2, 0) is 4.79 Å². The Balaban J connectivity index is 1.90. The second kappa shape index (κ2) is 7.84. The minimum absolute atomic E-state index is 0.249. The summed E-state index contributed by atoms with van der Waals surface area (Å²) in [6.45, 7) is 1.68. The van der Waals surface area contributed by atoms with Crippen LogP contribution < -0.4 is 20.7 Å². The molecule has 120 valence electrons. The van der Waals surface area contributed by atoms with Crippen LogP contribution in [0.25, 0.3) is 0 Å². The molecular weight excluding hydrogens is 294 g/mol. The number of benzene rings is 2. The van der Waals surface area contributed by atoms with Gasteiger partial charge in [-0.15, -0.1) is 0 Å². The zero-order valence-corrected chi connectivity index (χ0v) is 13.0. The predicted octanol–water partition coefficient (Wildman–Crippen LogP) is 2.84. The van der Waals surface area contributed by atoms with Gasteiger partial charge in [0.25, 0.3) is 5.91 Å². The van der Waals surface area contributed by atoms with Gasteiger partial charge in [0, 0.05) is 18.4 Å². The molecule has 0 saturated heterocycles. The lowest BCUT2D eigenvalue weighted by atomic mass is 10.2. The van der Waals surface area contributed by atoms with Crippen molar-refractivity contribution in [3.63, 3.8) is 0 Å². The van der Waals surface area contributed by atoms with Crippen LogP contribution in [0, 0.1) is 0 Å². The van der Waals surface area contributed by atoms with Gasteiger partial charge in [0.05, 0.1) is 0 Å². The maximum atomic E-state index is 12.1. The molecule has 0 spiro atoms. The summed E-state index contributed by atoms with van der Waals surface area (Å²) < 4.78 is 5.56. The Morgan fingerprint density at radius 2 is 1.48 bits per heavy atom. The molecule has 0 heterocycles. The van der Waals surface area contributed by atoms with Crippen LogP contribution in [-0.4, -0.2) is 25.1 Å². The average molecular weight is 313 g/mol. The highest BCUT2D eigenvalue weighted by Gasteiger charge is 2.14. The molecule has 0 bridgehead atoms. The molecule has 1 atom stereocenters. The maximum Gasteiger partial charge on any atom is 0.318 e. The van der Waals surface area contributed by atoms with Crippen LogP contribution in [0.3, 0.4) is 0 Å². The Morgan fingerprint density at radius 1 is 0.913 bits per heavy atom. The minimum atomic E-state index is -0.624. The summed E-state index contributed by atoms with van der Waals surface area (Å²) in [5, 5.41) is 7.87. The number of para-hydroxylation sites is 1. The van der Waals surface area contributed by atoms with E-state index in [9.17, 15) is 9.59 Å². The second-order valence-electron chi connectivity index (χ2n) is 4.84. The van der Waals surface area contributed by atoms with Crippen LogP contribution in [0.5, 0.6) is 5.75 Å². The molecule has 2 aromatic rings. The summed E-state index contributed by atoms with van der Waals surface area (Å²) in [6.07, 6.45) is -0.624. The number of amides is 3. The van der Waals surface area contributed by atoms with E-state index in [0.717, 1.165) is 0 Å². The summed E-state index contributed by atoms with van der Waals surface area (Å²) in [4.78, 5) is 23.3. The number of urea groups is 1. The third kappa shape index (κ3) is 5.03. The lowest BCUT2D eigenvalue weighted by Crippen LogP contribution is -2.30. The van der Waals surface area contributed by atoms with Crippen molar-refractivity contribution < 1.29 is 14.3 Å². The van der Waals surface area contributed by atoms with Gasteiger partial charge in [0.15, 0.2) is 6.10 Å². The molecule has 6 nitrogen and oxygen atoms in total. The molecule has 0 aliphatic heterocycles. The fraction of sp³-hybridized carbons (Fsp3) is 0.176. The number of carbonyl (C=O) groups excluding carboxylic acids is 2. The van der Waals surface area contributed by atoms with E-state index in [-0.39, 0.29) is 11.9 Å². The number of nitrogens with one attached hydrogen (secondary N) is 3. The van der Waals surface area contributed by atoms with E-state index < -0.39 is 6.10 Å². The Hall–Kier alpha value is -3.02. The fourth-order valence-corrected chi connectivity index (χ4v) is 1.83. The van der Waals surface area contributed by atoms with Gasteiger partial charge >= 0.3 is 6.03 Å². The topological polar surface area (TPSA) is 79.5 Å². The van der Waals surface area contributed by atoms with E-state index in [1.54, 1.807) is 43.3 Å². The molecular formula is C17H19N3O3. The highest BCUT2D eigenvalue weighted by molar-refractivity contribution is 5.94. The van der Waals surface area contributed by atoms with Gasteiger partial charge in [-0.05, 0) is 43.3 Å². The normalized spacial score (nSPS) is 11.2. The van der Waals surface area contributed by atoms with Crippen molar-refractivity contribution in [3.05, 3.63) is 54.6 Å². The van der Waals surface area contributed by atoms with E-state index >= 15 is 0 Å². The van der Waals surface area contributed by atoms with Crippen LogP contribution in [0.15, 0.2) is 54.6 Å². The number of ether oxygens (including phenoxy) is 1. The molecule has 0 radical (unpaired) electrons. The fourth-order valence-electron chi connectivity index (χ4n) is 1.83. The first-order valence-corrected chi connectivity index (χ1v) is 7.20. The number of hydrogen-bond acceptors (Lipinski definition) is 3. The Bertz CT molecular complexity index is 657. The lowest BCUT2D eigenvalue weighted by molar-refractivity contribution is -0.122. The first kappa shape index (κ1) is 16.4. The summed E-state index contributed by atoms with van der Waals surface area (Å²) in [6, 6.07) is 15.7. The molecule has 0 aliphatic carbocycles. The van der Waals surface area contributed by atoms with Crippen molar-refractivity contribution in [3.8, 4) is 5.75 Å². The zero-order valence-electron chi connectivity index (χ0n) is 13.0. The van der Waals surface area contributed by atoms with Crippen LogP contribution in [0.4, 0.5) is 16.2 Å². The third-order valence-electron chi connectivity index (χ3n) is 3.06. The molecule has 0 unspecified atom stereocenters. The summed E-state index contributed by atoms with van der Waals surface area (Å²) in [5.41, 5.74) is 1.26. The minimum Gasteiger partial charge on any atom is -0.481 e. The molecule has 2 aromatic carbocycles. The van der Waals surface area contributed by atoms with Gasteiger partial charge in [0.2, 0.25) is 0 Å². The standard InChI is InChI=1S/C17H19N3O3/c1-12(23-15-6-4-3-5-7-15)16(21)19-13-8-10-14(11-9-13)20-17(22)18-2/h3-12H,1-2H3,(H,19,21)(H2,18,20,22)/t12-/m0/s1. The van der Waals surface area contributed by atoms with Crippen LogP contribution in [0.1, 0.15) is 6.92 Å². The quantitative estimate of drug-likeness (QED) is 0.794. The molecule has 0 aromatic heterocycles. The number of hydrogen-bond donors (Lipinski definition) is 3. The second-order valence-corrected chi connectivity index (χ2v) is 4.84. The van der Waals surface area contributed by atoms with Crippen molar-refractivity contribution in [2.75, 3.05) is 17.7 Å². The predicted molar refractivity (Wildman–Crippen MR) is 89.7 cm³/mol. The Kier molecular flexibility index (Phi) is 5.57. The highest BCUT2D eigenvalue weighted by Crippen LogP contribution is 2.15. The Morgan fingerprint density at radius 3 is 2.04 bits per heavy atom. The number of carbonyl (C=O) groups is 2. The van der Waals surface area contributed by atoms with Crippen molar-refractivity contribution in [2.24, 2.45) is 0 Å². The third-order valence-corrected chi connectivity index (χ3v) is 3.06. The molecule has 3 amide bonds. The molecule has 0 aliphatic rings. The van der Waals surface area contributed by atoms with Crippen molar-refractivity contribution >= 4 is 23.3 Å². The van der Waals surface area contributed by atoms with E-state index in [2.05, 4.69) is 16.0 Å². The molecule has 2 rings (SSSR count). The average Bonchev–Trinajstić information content (AvgIpc) is 2.57. The van der Waals surface area contributed by atoms with E-state index in [1.807, 2.05) is 18.2 Å². The van der Waals surface area contributed by atoms with E-state index in [1.165, 1.54) is 7.05 Å². The van der Waals surface area contributed by atoms with Gasteiger partial charge in [-0.1, -0.05) is 18.2 Å². The maximum absolute atomic E-state index is 12.1. The van der Waals surface area contributed by atoms with Crippen molar-refractivity contribution in [2.45, 2.75) is 13.0 Å². The first-order chi connectivity index (χ1) is 11.1.